The molecular weight excluding hydrogens is 435 g/mol. The molecule has 0 bridgehead atoms. The zero-order valence-corrected chi connectivity index (χ0v) is 15.7. The molecule has 3 aromatic rings. The van der Waals surface area contributed by atoms with E-state index < -0.39 is 18.0 Å². The first-order valence-corrected chi connectivity index (χ1v) is 9.02. The van der Waals surface area contributed by atoms with Crippen LogP contribution in [0, 0.1) is 11.3 Å². The van der Waals surface area contributed by atoms with E-state index in [1.807, 2.05) is 30.3 Å². The number of benzene rings is 2. The van der Waals surface area contributed by atoms with Crippen molar-refractivity contribution in [3.63, 3.8) is 0 Å². The summed E-state index contributed by atoms with van der Waals surface area (Å²) >= 11 is 3.36. The molecule has 4 rings (SSSR count). The first kappa shape index (κ1) is 18.4. The normalized spacial score (nSPS) is 16.2. The van der Waals surface area contributed by atoms with Crippen LogP contribution >= 0.6 is 15.9 Å². The Morgan fingerprint density at radius 2 is 1.75 bits per heavy atom. The molecule has 0 spiro atoms. The topological polar surface area (TPSA) is 66.9 Å². The molecule has 1 atom stereocenters. The van der Waals surface area contributed by atoms with E-state index in [0.717, 1.165) is 15.6 Å². The van der Waals surface area contributed by atoms with E-state index in [0.29, 0.717) is 17.7 Å². The van der Waals surface area contributed by atoms with Crippen LogP contribution in [0.15, 0.2) is 58.0 Å². The van der Waals surface area contributed by atoms with Crippen molar-refractivity contribution in [1.82, 2.24) is 14.8 Å². The van der Waals surface area contributed by atoms with E-state index in [-0.39, 0.29) is 5.95 Å². The van der Waals surface area contributed by atoms with Gasteiger partial charge in [-0.2, -0.15) is 23.4 Å². The summed E-state index contributed by atoms with van der Waals surface area (Å²) in [5.74, 6) is -1.31. The Morgan fingerprint density at radius 3 is 2.36 bits per heavy atom. The third-order valence-electron chi connectivity index (χ3n) is 4.39. The lowest BCUT2D eigenvalue weighted by Gasteiger charge is -2.24. The van der Waals surface area contributed by atoms with Crippen LogP contribution < -0.4 is 0 Å². The van der Waals surface area contributed by atoms with Gasteiger partial charge in [0.1, 0.15) is 0 Å². The van der Waals surface area contributed by atoms with E-state index >= 15 is 0 Å². The number of hydrogen-bond acceptors (Lipinski definition) is 4. The van der Waals surface area contributed by atoms with Crippen molar-refractivity contribution >= 4 is 27.6 Å². The predicted molar refractivity (Wildman–Crippen MR) is 99.3 cm³/mol. The average Bonchev–Trinajstić information content (AvgIpc) is 3.13. The molecule has 0 fully saturated rings. The average molecular weight is 446 g/mol. The maximum atomic E-state index is 13.1. The van der Waals surface area contributed by atoms with Crippen molar-refractivity contribution < 1.29 is 13.2 Å². The molecule has 1 aliphatic rings. The van der Waals surface area contributed by atoms with E-state index in [1.54, 1.807) is 24.3 Å². The summed E-state index contributed by atoms with van der Waals surface area (Å²) in [4.78, 5) is 7.93. The number of alkyl halides is 3. The highest BCUT2D eigenvalue weighted by Crippen LogP contribution is 2.36. The smallest absolute Gasteiger partial charge is 0.222 e. The predicted octanol–water partition coefficient (Wildman–Crippen LogP) is 5.04. The van der Waals surface area contributed by atoms with Gasteiger partial charge in [0.15, 0.2) is 0 Å². The van der Waals surface area contributed by atoms with Crippen molar-refractivity contribution in [2.24, 2.45) is 4.99 Å². The van der Waals surface area contributed by atoms with Gasteiger partial charge in [-0.05, 0) is 35.4 Å². The van der Waals surface area contributed by atoms with E-state index in [4.69, 9.17) is 5.26 Å². The highest BCUT2D eigenvalue weighted by Gasteiger charge is 2.39. The van der Waals surface area contributed by atoms with Crippen molar-refractivity contribution in [3.05, 3.63) is 75.5 Å². The van der Waals surface area contributed by atoms with Gasteiger partial charge >= 0.3 is 6.18 Å². The second-order valence-electron chi connectivity index (χ2n) is 6.20. The summed E-state index contributed by atoms with van der Waals surface area (Å²) in [5, 5.41) is 12.6. The zero-order valence-electron chi connectivity index (χ0n) is 14.2. The molecule has 2 aromatic carbocycles. The van der Waals surface area contributed by atoms with Crippen LogP contribution in [0.1, 0.15) is 35.0 Å². The first-order valence-electron chi connectivity index (χ1n) is 8.22. The number of hydrogen-bond donors (Lipinski definition) is 0. The van der Waals surface area contributed by atoms with E-state index in [9.17, 15) is 13.2 Å². The molecule has 28 heavy (non-hydrogen) atoms. The Morgan fingerprint density at radius 1 is 1.07 bits per heavy atom. The van der Waals surface area contributed by atoms with Crippen LogP contribution in [0.5, 0.6) is 0 Å². The Kier molecular flexibility index (Phi) is 4.51. The maximum Gasteiger partial charge on any atom is 0.453 e. The number of fused-ring (bicyclic) bond motifs is 1. The van der Waals surface area contributed by atoms with Gasteiger partial charge < -0.3 is 0 Å². The second kappa shape index (κ2) is 6.87. The SMILES string of the molecule is N#Cc1ccc(C2CC(c3ccc(Br)cc3)=Nc3nc(C(F)(F)F)nn32)cc1. The summed E-state index contributed by atoms with van der Waals surface area (Å²) in [6.07, 6.45) is -4.31. The third-order valence-corrected chi connectivity index (χ3v) is 4.91. The largest absolute Gasteiger partial charge is 0.453 e. The molecule has 9 heteroatoms. The van der Waals surface area contributed by atoms with Gasteiger partial charge in [-0.3, -0.25) is 0 Å². The fourth-order valence-electron chi connectivity index (χ4n) is 3.02. The minimum absolute atomic E-state index is 0.0918. The summed E-state index contributed by atoms with van der Waals surface area (Å²) in [6.45, 7) is 0. The fourth-order valence-corrected chi connectivity index (χ4v) is 3.28. The second-order valence-corrected chi connectivity index (χ2v) is 7.11. The van der Waals surface area contributed by atoms with Crippen molar-refractivity contribution in [1.29, 1.82) is 5.26 Å². The van der Waals surface area contributed by atoms with Crippen LogP contribution in [-0.2, 0) is 6.18 Å². The minimum atomic E-state index is -4.66. The summed E-state index contributed by atoms with van der Waals surface area (Å²) in [5.41, 5.74) is 2.61. The van der Waals surface area contributed by atoms with Gasteiger partial charge in [0.2, 0.25) is 5.95 Å². The lowest BCUT2D eigenvalue weighted by atomic mass is 9.95. The molecule has 0 saturated carbocycles. The molecule has 1 unspecified atom stereocenters. The quantitative estimate of drug-likeness (QED) is 0.554. The Bertz CT molecular complexity index is 1090. The monoisotopic (exact) mass is 445 g/mol. The van der Waals surface area contributed by atoms with Gasteiger partial charge in [0.05, 0.1) is 23.4 Å². The van der Waals surface area contributed by atoms with Crippen molar-refractivity contribution in [3.8, 4) is 6.07 Å². The number of aliphatic imine (C=N–C) groups is 1. The van der Waals surface area contributed by atoms with Gasteiger partial charge in [0, 0.05) is 10.9 Å². The Hall–Kier alpha value is -2.99. The van der Waals surface area contributed by atoms with Crippen LogP contribution in [0.2, 0.25) is 0 Å². The maximum absolute atomic E-state index is 13.1. The number of rotatable bonds is 2. The number of halogens is 4. The van der Waals surface area contributed by atoms with Gasteiger partial charge in [-0.1, -0.05) is 40.2 Å². The van der Waals surface area contributed by atoms with Gasteiger partial charge in [0.25, 0.3) is 5.82 Å². The molecule has 2 heterocycles. The Balaban J connectivity index is 1.83. The number of aromatic nitrogens is 3. The number of nitrogens with zero attached hydrogens (tertiary/aromatic N) is 5. The van der Waals surface area contributed by atoms with E-state index in [2.05, 4.69) is 31.0 Å². The molecule has 0 saturated heterocycles. The fraction of sp³-hybridized carbons (Fsp3) is 0.158. The van der Waals surface area contributed by atoms with Crippen LogP contribution in [0.3, 0.4) is 0 Å². The van der Waals surface area contributed by atoms with Crippen molar-refractivity contribution in [2.75, 3.05) is 0 Å². The summed E-state index contributed by atoms with van der Waals surface area (Å²) in [6, 6.07) is 15.6. The minimum Gasteiger partial charge on any atom is -0.222 e. The highest BCUT2D eigenvalue weighted by molar-refractivity contribution is 9.10. The third kappa shape index (κ3) is 3.43. The number of nitriles is 1. The van der Waals surface area contributed by atoms with Crippen molar-refractivity contribution in [2.45, 2.75) is 18.6 Å². The molecule has 0 aliphatic carbocycles. The molecule has 140 valence electrons. The highest BCUT2D eigenvalue weighted by atomic mass is 79.9. The molecule has 5 nitrogen and oxygen atoms in total. The van der Waals surface area contributed by atoms with Gasteiger partial charge in [-0.25, -0.2) is 9.67 Å². The standard InChI is InChI=1S/C19H11BrF3N5/c20-14-7-5-12(6-8-14)15-9-16(13-3-1-11(10-24)2-4-13)28-18(25-15)26-17(27-28)19(21,22)23/h1-8,16H,9H2. The summed E-state index contributed by atoms with van der Waals surface area (Å²) < 4.78 is 41.5. The van der Waals surface area contributed by atoms with Crippen LogP contribution in [-0.4, -0.2) is 20.5 Å². The van der Waals surface area contributed by atoms with Crippen LogP contribution in [0.4, 0.5) is 19.1 Å². The molecular formula is C19H11BrF3N5. The molecule has 0 radical (unpaired) electrons. The lowest BCUT2D eigenvalue weighted by molar-refractivity contribution is -0.145. The molecule has 1 aliphatic heterocycles. The summed E-state index contributed by atoms with van der Waals surface area (Å²) in [7, 11) is 0. The first-order chi connectivity index (χ1) is 13.3. The molecule has 0 N–H and O–H groups in total. The Labute approximate surface area is 166 Å². The zero-order chi connectivity index (χ0) is 19.9. The van der Waals surface area contributed by atoms with E-state index in [1.165, 1.54) is 4.68 Å². The molecule has 1 aromatic heterocycles. The van der Waals surface area contributed by atoms with Gasteiger partial charge in [-0.15, -0.1) is 5.10 Å². The molecule has 0 amide bonds. The lowest BCUT2D eigenvalue weighted by Crippen LogP contribution is -2.21. The van der Waals surface area contributed by atoms with Crippen LogP contribution in [0.25, 0.3) is 0 Å².